The number of hydrogen-bond acceptors (Lipinski definition) is 7. The fourth-order valence-corrected chi connectivity index (χ4v) is 4.95. The van der Waals surface area contributed by atoms with E-state index in [0.29, 0.717) is 31.1 Å². The zero-order valence-corrected chi connectivity index (χ0v) is 23.0. The molecule has 8 heteroatoms. The maximum atomic E-state index is 13.2. The van der Waals surface area contributed by atoms with Gasteiger partial charge in [0.25, 0.3) is 5.91 Å². The SMILES string of the molecule is C=CCOC(=O)[C@@H](C)C[C@H](Cc1ccccc1)NC(=O)c1csc([C@@H](C[C@@H](NC)C(C)C)OCC)n1. The van der Waals surface area contributed by atoms with Crippen molar-refractivity contribution in [3.8, 4) is 0 Å². The molecule has 1 heterocycles. The van der Waals surface area contributed by atoms with E-state index < -0.39 is 0 Å². The highest BCUT2D eigenvalue weighted by Crippen LogP contribution is 2.28. The lowest BCUT2D eigenvalue weighted by atomic mass is 9.96. The van der Waals surface area contributed by atoms with Gasteiger partial charge in [-0.1, -0.05) is 63.8 Å². The van der Waals surface area contributed by atoms with E-state index in [-0.39, 0.29) is 42.6 Å². The molecule has 0 saturated carbocycles. The van der Waals surface area contributed by atoms with Crippen LogP contribution in [0.1, 0.15) is 67.7 Å². The first-order valence-corrected chi connectivity index (χ1v) is 13.5. The van der Waals surface area contributed by atoms with E-state index in [1.54, 1.807) is 11.5 Å². The Morgan fingerprint density at radius 1 is 1.17 bits per heavy atom. The molecule has 0 unspecified atom stereocenters. The van der Waals surface area contributed by atoms with Gasteiger partial charge in [0.1, 0.15) is 23.4 Å². The molecule has 1 aromatic heterocycles. The van der Waals surface area contributed by atoms with Crippen molar-refractivity contribution in [2.75, 3.05) is 20.3 Å². The van der Waals surface area contributed by atoms with Crippen LogP contribution in [0.25, 0.3) is 0 Å². The van der Waals surface area contributed by atoms with Gasteiger partial charge in [-0.25, -0.2) is 4.98 Å². The standard InChI is InChI=1S/C28H41N3O4S/c1-7-14-35-28(33)20(5)15-22(16-21-12-10-9-11-13-21)30-26(32)24-18-36-27(31-24)25(34-8-2)17-23(29-6)19(3)4/h7,9-13,18-20,22-23,25,29H,1,8,14-17H2,2-6H3,(H,30,32)/t20-,22+,23+,25+/m0/s1. The minimum atomic E-state index is -0.373. The molecule has 0 fully saturated rings. The first-order chi connectivity index (χ1) is 17.3. The quantitative estimate of drug-likeness (QED) is 0.243. The molecule has 0 spiro atoms. The van der Waals surface area contributed by atoms with Gasteiger partial charge in [0, 0.05) is 24.1 Å². The van der Waals surface area contributed by atoms with Crippen LogP contribution in [0.3, 0.4) is 0 Å². The molecule has 1 aromatic carbocycles. The number of thiazole rings is 1. The normalized spacial score (nSPS) is 14.6. The van der Waals surface area contributed by atoms with Crippen LogP contribution >= 0.6 is 11.3 Å². The molecule has 7 nitrogen and oxygen atoms in total. The number of carbonyl (C=O) groups excluding carboxylic acids is 2. The van der Waals surface area contributed by atoms with Crippen LogP contribution < -0.4 is 10.6 Å². The Bertz CT molecular complexity index is 947. The predicted octanol–water partition coefficient (Wildman–Crippen LogP) is 4.95. The highest BCUT2D eigenvalue weighted by atomic mass is 32.1. The Kier molecular flexibility index (Phi) is 12.8. The Hall–Kier alpha value is -2.55. The van der Waals surface area contributed by atoms with E-state index in [4.69, 9.17) is 9.47 Å². The minimum Gasteiger partial charge on any atom is -0.461 e. The molecule has 1 amide bonds. The fraction of sp³-hybridized carbons (Fsp3) is 0.536. The second-order valence-electron chi connectivity index (χ2n) is 9.31. The topological polar surface area (TPSA) is 89.5 Å². The van der Waals surface area contributed by atoms with Gasteiger partial charge in [-0.15, -0.1) is 11.3 Å². The highest BCUT2D eigenvalue weighted by molar-refractivity contribution is 7.09. The van der Waals surface area contributed by atoms with Crippen molar-refractivity contribution in [1.82, 2.24) is 15.6 Å². The Morgan fingerprint density at radius 3 is 2.50 bits per heavy atom. The molecule has 0 radical (unpaired) electrons. The minimum absolute atomic E-state index is 0.173. The Labute approximate surface area is 219 Å². The Balaban J connectivity index is 2.15. The van der Waals surface area contributed by atoms with E-state index in [2.05, 4.69) is 36.0 Å². The molecule has 0 aliphatic heterocycles. The Morgan fingerprint density at radius 2 is 1.89 bits per heavy atom. The number of ether oxygens (including phenoxy) is 2. The van der Waals surface area contributed by atoms with E-state index in [1.165, 1.54) is 11.3 Å². The van der Waals surface area contributed by atoms with Gasteiger partial charge in [0.15, 0.2) is 0 Å². The van der Waals surface area contributed by atoms with Crippen LogP contribution in [0.15, 0.2) is 48.4 Å². The molecule has 0 aliphatic carbocycles. The first-order valence-electron chi connectivity index (χ1n) is 12.7. The summed E-state index contributed by atoms with van der Waals surface area (Å²) in [5, 5.41) is 9.03. The molecular formula is C28H41N3O4S. The zero-order valence-electron chi connectivity index (χ0n) is 22.2. The van der Waals surface area contributed by atoms with Crippen LogP contribution in [0.2, 0.25) is 0 Å². The zero-order chi connectivity index (χ0) is 26.5. The summed E-state index contributed by atoms with van der Waals surface area (Å²) in [6, 6.07) is 9.93. The van der Waals surface area contributed by atoms with Gasteiger partial charge in [-0.2, -0.15) is 0 Å². The number of benzene rings is 1. The number of amides is 1. The lowest BCUT2D eigenvalue weighted by Crippen LogP contribution is -2.39. The van der Waals surface area contributed by atoms with Gasteiger partial charge in [-0.3, -0.25) is 9.59 Å². The number of hydrogen-bond donors (Lipinski definition) is 2. The molecular weight excluding hydrogens is 474 g/mol. The number of nitrogens with zero attached hydrogens (tertiary/aromatic N) is 1. The lowest BCUT2D eigenvalue weighted by molar-refractivity contribution is -0.147. The van der Waals surface area contributed by atoms with Gasteiger partial charge in [0.2, 0.25) is 0 Å². The number of nitrogens with one attached hydrogen (secondary N) is 2. The van der Waals surface area contributed by atoms with Gasteiger partial charge in [0.05, 0.1) is 5.92 Å². The van der Waals surface area contributed by atoms with Crippen molar-refractivity contribution in [2.45, 2.75) is 65.1 Å². The van der Waals surface area contributed by atoms with E-state index in [9.17, 15) is 9.59 Å². The average molecular weight is 516 g/mol. The predicted molar refractivity (Wildman–Crippen MR) is 145 cm³/mol. The molecule has 2 rings (SSSR count). The van der Waals surface area contributed by atoms with E-state index >= 15 is 0 Å². The maximum absolute atomic E-state index is 13.2. The third-order valence-corrected chi connectivity index (χ3v) is 7.02. The summed E-state index contributed by atoms with van der Waals surface area (Å²) in [6.07, 6.45) is 3.19. The second-order valence-corrected chi connectivity index (χ2v) is 10.2. The van der Waals surface area contributed by atoms with Crippen molar-refractivity contribution >= 4 is 23.2 Å². The maximum Gasteiger partial charge on any atom is 0.309 e. The lowest BCUT2D eigenvalue weighted by Gasteiger charge is -2.25. The number of carbonyl (C=O) groups is 2. The molecule has 0 bridgehead atoms. The van der Waals surface area contributed by atoms with Crippen molar-refractivity contribution in [3.63, 3.8) is 0 Å². The van der Waals surface area contributed by atoms with Crippen LogP contribution in [0.4, 0.5) is 0 Å². The van der Waals surface area contributed by atoms with Crippen LogP contribution in [0.5, 0.6) is 0 Å². The summed E-state index contributed by atoms with van der Waals surface area (Å²) >= 11 is 1.44. The van der Waals surface area contributed by atoms with Crippen molar-refractivity contribution in [3.05, 3.63) is 64.6 Å². The number of aromatic nitrogens is 1. The second kappa shape index (κ2) is 15.5. The van der Waals surface area contributed by atoms with E-state index in [0.717, 1.165) is 17.0 Å². The fourth-order valence-electron chi connectivity index (χ4n) is 4.09. The van der Waals surface area contributed by atoms with Gasteiger partial charge >= 0.3 is 5.97 Å². The summed E-state index contributed by atoms with van der Waals surface area (Å²) in [5.74, 6) is -0.488. The smallest absolute Gasteiger partial charge is 0.309 e. The van der Waals surface area contributed by atoms with Crippen molar-refractivity contribution < 1.29 is 19.1 Å². The first kappa shape index (κ1) is 29.7. The third-order valence-electron chi connectivity index (χ3n) is 6.09. The molecule has 2 N–H and O–H groups in total. The summed E-state index contributed by atoms with van der Waals surface area (Å²) in [5.41, 5.74) is 1.45. The van der Waals surface area contributed by atoms with E-state index in [1.807, 2.05) is 51.2 Å². The highest BCUT2D eigenvalue weighted by Gasteiger charge is 2.26. The van der Waals surface area contributed by atoms with Crippen LogP contribution in [-0.2, 0) is 20.7 Å². The average Bonchev–Trinajstić information content (AvgIpc) is 3.35. The summed E-state index contributed by atoms with van der Waals surface area (Å²) in [6.45, 7) is 12.5. The van der Waals surface area contributed by atoms with Gasteiger partial charge in [-0.05, 0) is 44.7 Å². The molecule has 198 valence electrons. The van der Waals surface area contributed by atoms with Gasteiger partial charge < -0.3 is 20.1 Å². The van der Waals surface area contributed by atoms with Crippen LogP contribution in [-0.4, -0.2) is 49.2 Å². The molecule has 0 saturated heterocycles. The molecule has 0 aliphatic rings. The number of rotatable bonds is 16. The third kappa shape index (κ3) is 9.48. The molecule has 36 heavy (non-hydrogen) atoms. The molecule has 2 aromatic rings. The number of esters is 1. The molecule has 4 atom stereocenters. The monoisotopic (exact) mass is 515 g/mol. The summed E-state index contributed by atoms with van der Waals surface area (Å²) in [4.78, 5) is 30.2. The van der Waals surface area contributed by atoms with Crippen molar-refractivity contribution in [2.24, 2.45) is 11.8 Å². The van der Waals surface area contributed by atoms with Crippen molar-refractivity contribution in [1.29, 1.82) is 0 Å². The largest absolute Gasteiger partial charge is 0.461 e. The summed E-state index contributed by atoms with van der Waals surface area (Å²) < 4.78 is 11.2. The summed E-state index contributed by atoms with van der Waals surface area (Å²) in [7, 11) is 1.95. The van der Waals surface area contributed by atoms with Crippen LogP contribution in [0, 0.1) is 11.8 Å².